The quantitative estimate of drug-likeness (QED) is 0.747. The second kappa shape index (κ2) is 7.57. The number of nitrogens with zero attached hydrogens (tertiary/aromatic N) is 1. The molecule has 3 heteroatoms. The van der Waals surface area contributed by atoms with Gasteiger partial charge in [0.25, 0.3) is 0 Å². The van der Waals surface area contributed by atoms with Gasteiger partial charge in [-0.2, -0.15) is 0 Å². The summed E-state index contributed by atoms with van der Waals surface area (Å²) >= 11 is 0. The predicted molar refractivity (Wildman–Crippen MR) is 72.2 cm³/mol. The van der Waals surface area contributed by atoms with Crippen molar-refractivity contribution in [1.29, 1.82) is 0 Å². The molecule has 1 heterocycles. The fourth-order valence-corrected chi connectivity index (χ4v) is 1.72. The SMILES string of the molecule is CC.CCCCC1CN(C(=O)OC(C)(C)C)C1. The fourth-order valence-electron chi connectivity index (χ4n) is 1.72. The first-order valence-electron chi connectivity index (χ1n) is 6.90. The van der Waals surface area contributed by atoms with Crippen molar-refractivity contribution < 1.29 is 9.53 Å². The Kier molecular flexibility index (Phi) is 7.24. The Bertz CT molecular complexity index is 215. The molecule has 0 aromatic carbocycles. The van der Waals surface area contributed by atoms with Crippen LogP contribution in [0.15, 0.2) is 0 Å². The van der Waals surface area contributed by atoms with Gasteiger partial charge in [0, 0.05) is 13.1 Å². The van der Waals surface area contributed by atoms with E-state index in [-0.39, 0.29) is 11.7 Å². The van der Waals surface area contributed by atoms with Crippen LogP contribution in [0.1, 0.15) is 60.8 Å². The number of ether oxygens (including phenoxy) is 1. The van der Waals surface area contributed by atoms with E-state index in [0.717, 1.165) is 13.1 Å². The molecule has 3 nitrogen and oxygen atoms in total. The summed E-state index contributed by atoms with van der Waals surface area (Å²) in [5.41, 5.74) is -0.369. The van der Waals surface area contributed by atoms with Crippen molar-refractivity contribution in [3.8, 4) is 0 Å². The standard InChI is InChI=1S/C12H23NO2.C2H6/c1-5-6-7-10-8-13(9-10)11(14)15-12(2,3)4;1-2/h10H,5-9H2,1-4H3;1-2H3. The molecule has 1 aliphatic heterocycles. The molecule has 0 spiro atoms. The van der Waals surface area contributed by atoms with Gasteiger partial charge in [-0.25, -0.2) is 4.79 Å². The van der Waals surface area contributed by atoms with Crippen molar-refractivity contribution in [2.45, 2.75) is 66.4 Å². The second-order valence-corrected chi connectivity index (χ2v) is 5.39. The van der Waals surface area contributed by atoms with E-state index in [1.54, 1.807) is 4.90 Å². The highest BCUT2D eigenvalue weighted by atomic mass is 16.6. The molecule has 0 bridgehead atoms. The number of hydrogen-bond donors (Lipinski definition) is 0. The lowest BCUT2D eigenvalue weighted by atomic mass is 9.94. The van der Waals surface area contributed by atoms with Crippen LogP contribution in [-0.4, -0.2) is 29.7 Å². The summed E-state index contributed by atoms with van der Waals surface area (Å²) in [5, 5.41) is 0. The third-order valence-electron chi connectivity index (χ3n) is 2.57. The zero-order valence-electron chi connectivity index (χ0n) is 12.4. The molecule has 17 heavy (non-hydrogen) atoms. The zero-order valence-corrected chi connectivity index (χ0v) is 12.4. The number of likely N-dealkylation sites (tertiary alicyclic amines) is 1. The van der Waals surface area contributed by atoms with Crippen molar-refractivity contribution in [2.75, 3.05) is 13.1 Å². The lowest BCUT2D eigenvalue weighted by Crippen LogP contribution is -2.51. The van der Waals surface area contributed by atoms with Crippen molar-refractivity contribution in [1.82, 2.24) is 4.90 Å². The van der Waals surface area contributed by atoms with Gasteiger partial charge in [-0.05, 0) is 33.1 Å². The van der Waals surface area contributed by atoms with Gasteiger partial charge in [0.15, 0.2) is 0 Å². The number of hydrogen-bond acceptors (Lipinski definition) is 2. The lowest BCUT2D eigenvalue weighted by Gasteiger charge is -2.39. The molecule has 0 atom stereocenters. The van der Waals surface area contributed by atoms with Crippen LogP contribution in [0.2, 0.25) is 0 Å². The Morgan fingerprint density at radius 2 is 1.82 bits per heavy atom. The van der Waals surface area contributed by atoms with Crippen molar-refractivity contribution in [3.63, 3.8) is 0 Å². The van der Waals surface area contributed by atoms with E-state index in [4.69, 9.17) is 4.74 Å². The predicted octanol–water partition coefficient (Wildman–Crippen LogP) is 4.07. The van der Waals surface area contributed by atoms with E-state index in [0.29, 0.717) is 5.92 Å². The minimum absolute atomic E-state index is 0.157. The fraction of sp³-hybridized carbons (Fsp3) is 0.929. The Morgan fingerprint density at radius 3 is 2.24 bits per heavy atom. The normalized spacial score (nSPS) is 15.8. The van der Waals surface area contributed by atoms with E-state index < -0.39 is 0 Å². The summed E-state index contributed by atoms with van der Waals surface area (Å²) in [6.07, 6.45) is 3.60. The first-order chi connectivity index (χ1) is 7.92. The van der Waals surface area contributed by atoms with Crippen LogP contribution in [0, 0.1) is 5.92 Å². The summed E-state index contributed by atoms with van der Waals surface area (Å²) in [6, 6.07) is 0. The van der Waals surface area contributed by atoms with Gasteiger partial charge in [0.2, 0.25) is 0 Å². The molecule has 1 rings (SSSR count). The van der Waals surface area contributed by atoms with Gasteiger partial charge in [-0.15, -0.1) is 0 Å². The van der Waals surface area contributed by atoms with Gasteiger partial charge in [0.05, 0.1) is 0 Å². The number of carbonyl (C=O) groups excluding carboxylic acids is 1. The number of rotatable bonds is 3. The Labute approximate surface area is 107 Å². The molecule has 1 amide bonds. The molecular weight excluding hydrogens is 214 g/mol. The van der Waals surface area contributed by atoms with Crippen LogP contribution < -0.4 is 0 Å². The molecule has 0 aromatic heterocycles. The zero-order chi connectivity index (χ0) is 13.5. The highest BCUT2D eigenvalue weighted by Crippen LogP contribution is 2.23. The Morgan fingerprint density at radius 1 is 1.29 bits per heavy atom. The van der Waals surface area contributed by atoms with Crippen molar-refractivity contribution in [3.05, 3.63) is 0 Å². The molecule has 0 saturated carbocycles. The molecule has 0 aliphatic carbocycles. The summed E-state index contributed by atoms with van der Waals surface area (Å²) in [5.74, 6) is 0.706. The van der Waals surface area contributed by atoms with Crippen LogP contribution in [0.25, 0.3) is 0 Å². The monoisotopic (exact) mass is 243 g/mol. The third kappa shape index (κ3) is 6.54. The van der Waals surface area contributed by atoms with Crippen LogP contribution in [0.3, 0.4) is 0 Å². The Hall–Kier alpha value is -0.730. The first kappa shape index (κ1) is 16.3. The molecule has 102 valence electrons. The molecule has 1 fully saturated rings. The van der Waals surface area contributed by atoms with E-state index >= 15 is 0 Å². The average molecular weight is 243 g/mol. The van der Waals surface area contributed by atoms with Crippen LogP contribution in [0.4, 0.5) is 4.79 Å². The topological polar surface area (TPSA) is 29.5 Å². The summed E-state index contributed by atoms with van der Waals surface area (Å²) in [4.78, 5) is 13.4. The van der Waals surface area contributed by atoms with Gasteiger partial charge in [0.1, 0.15) is 5.60 Å². The number of carbonyl (C=O) groups is 1. The number of unbranched alkanes of at least 4 members (excludes halogenated alkanes) is 1. The molecular formula is C14H29NO2. The van der Waals surface area contributed by atoms with Gasteiger partial charge in [-0.3, -0.25) is 0 Å². The smallest absolute Gasteiger partial charge is 0.410 e. The number of amides is 1. The van der Waals surface area contributed by atoms with Gasteiger partial charge >= 0.3 is 6.09 Å². The maximum atomic E-state index is 11.6. The minimum atomic E-state index is -0.369. The highest BCUT2D eigenvalue weighted by Gasteiger charge is 2.32. The molecule has 1 aliphatic rings. The van der Waals surface area contributed by atoms with Gasteiger partial charge < -0.3 is 9.64 Å². The maximum absolute atomic E-state index is 11.6. The lowest BCUT2D eigenvalue weighted by molar-refractivity contribution is -0.00235. The van der Waals surface area contributed by atoms with Crippen LogP contribution in [0.5, 0.6) is 0 Å². The average Bonchev–Trinajstić information content (AvgIpc) is 2.16. The van der Waals surface area contributed by atoms with Crippen molar-refractivity contribution in [2.24, 2.45) is 5.92 Å². The summed E-state index contributed by atoms with van der Waals surface area (Å²) < 4.78 is 5.28. The van der Waals surface area contributed by atoms with E-state index in [1.165, 1.54) is 19.3 Å². The minimum Gasteiger partial charge on any atom is -0.444 e. The third-order valence-corrected chi connectivity index (χ3v) is 2.57. The maximum Gasteiger partial charge on any atom is 0.410 e. The second-order valence-electron chi connectivity index (χ2n) is 5.39. The Balaban J connectivity index is 0.00000121. The molecule has 1 saturated heterocycles. The van der Waals surface area contributed by atoms with Gasteiger partial charge in [-0.1, -0.05) is 33.6 Å². The largest absolute Gasteiger partial charge is 0.444 e. The summed E-state index contributed by atoms with van der Waals surface area (Å²) in [6.45, 7) is 13.7. The van der Waals surface area contributed by atoms with E-state index in [2.05, 4.69) is 6.92 Å². The van der Waals surface area contributed by atoms with Crippen LogP contribution in [-0.2, 0) is 4.74 Å². The van der Waals surface area contributed by atoms with Crippen molar-refractivity contribution >= 4 is 6.09 Å². The highest BCUT2D eigenvalue weighted by molar-refractivity contribution is 5.69. The van der Waals surface area contributed by atoms with E-state index in [1.807, 2.05) is 34.6 Å². The van der Waals surface area contributed by atoms with E-state index in [9.17, 15) is 4.79 Å². The molecule has 0 N–H and O–H groups in total. The molecule has 0 unspecified atom stereocenters. The summed E-state index contributed by atoms with van der Waals surface area (Å²) in [7, 11) is 0. The van der Waals surface area contributed by atoms with Crippen LogP contribution >= 0.6 is 0 Å². The first-order valence-corrected chi connectivity index (χ1v) is 6.90. The molecule has 0 aromatic rings. The molecule has 0 radical (unpaired) electrons.